The Morgan fingerprint density at radius 2 is 1.67 bits per heavy atom. The maximum Gasteiger partial charge on any atom is 0.309 e. The van der Waals surface area contributed by atoms with Gasteiger partial charge in [0.05, 0.1) is 28.6 Å². The Morgan fingerprint density at radius 1 is 0.970 bits per heavy atom. The number of nitrogens with zero attached hydrogens (tertiary/aromatic N) is 1. The number of aryl methyl sites for hydroxylation is 3. The maximum atomic E-state index is 12.7. The number of carbonyl (C=O) groups excluding carboxylic acids is 2. The second kappa shape index (κ2) is 13.1. The zero-order valence-corrected chi connectivity index (χ0v) is 20.9. The number of fused-ring (bicyclic) bond motifs is 1. The Bertz CT molecular complexity index is 940. The lowest BCUT2D eigenvalue weighted by Gasteiger charge is -2.15. The van der Waals surface area contributed by atoms with E-state index in [1.807, 2.05) is 0 Å². The summed E-state index contributed by atoms with van der Waals surface area (Å²) in [7, 11) is 1.36. The molecule has 1 aliphatic rings. The van der Waals surface area contributed by atoms with Gasteiger partial charge in [-0.25, -0.2) is 0 Å². The van der Waals surface area contributed by atoms with Crippen molar-refractivity contribution in [3.8, 4) is 0 Å². The number of ether oxygens (including phenoxy) is 1. The van der Waals surface area contributed by atoms with Crippen LogP contribution in [-0.2, 0) is 28.8 Å². The molecule has 1 atom stereocenters. The van der Waals surface area contributed by atoms with Crippen LogP contribution in [0.25, 0.3) is 0 Å². The number of hydrogen-bond acceptors (Lipinski definition) is 4. The summed E-state index contributed by atoms with van der Waals surface area (Å²) >= 11 is 12.3. The third-order valence-corrected chi connectivity index (χ3v) is 7.06. The molecule has 0 fully saturated rings. The van der Waals surface area contributed by atoms with Crippen LogP contribution in [0.3, 0.4) is 0 Å². The Hall–Kier alpha value is -1.91. The van der Waals surface area contributed by atoms with Gasteiger partial charge in [-0.1, -0.05) is 61.0 Å². The van der Waals surface area contributed by atoms with E-state index in [1.165, 1.54) is 43.3 Å². The summed E-state index contributed by atoms with van der Waals surface area (Å²) in [6, 6.07) is 9.41. The SMILES string of the molecule is COC(=O)[C@H](CCCCCCCc1ccc2c(n1)CCCC2)CC(=O)c1c(Cl)cccc1Cl. The highest BCUT2D eigenvalue weighted by Crippen LogP contribution is 2.28. The topological polar surface area (TPSA) is 56.3 Å². The molecule has 0 spiro atoms. The van der Waals surface area contributed by atoms with Crippen LogP contribution in [0.5, 0.6) is 0 Å². The van der Waals surface area contributed by atoms with Crippen molar-refractivity contribution in [2.24, 2.45) is 5.92 Å². The minimum atomic E-state index is -0.477. The molecule has 1 aromatic heterocycles. The number of aromatic nitrogens is 1. The van der Waals surface area contributed by atoms with E-state index in [2.05, 4.69) is 12.1 Å². The molecule has 0 bridgehead atoms. The van der Waals surface area contributed by atoms with Crippen molar-refractivity contribution in [2.75, 3.05) is 7.11 Å². The normalized spacial score (nSPS) is 13.9. The maximum absolute atomic E-state index is 12.7. The fourth-order valence-corrected chi connectivity index (χ4v) is 5.16. The second-order valence-electron chi connectivity index (χ2n) is 8.87. The van der Waals surface area contributed by atoms with Crippen molar-refractivity contribution >= 4 is 35.0 Å². The smallest absolute Gasteiger partial charge is 0.309 e. The molecule has 0 radical (unpaired) electrons. The molecule has 6 heteroatoms. The minimum absolute atomic E-state index is 0.0557. The zero-order valence-electron chi connectivity index (χ0n) is 19.4. The number of ketones is 1. The van der Waals surface area contributed by atoms with Gasteiger partial charge >= 0.3 is 5.97 Å². The molecule has 0 saturated carbocycles. The quantitative estimate of drug-likeness (QED) is 0.179. The number of rotatable bonds is 12. The van der Waals surface area contributed by atoms with Gasteiger partial charge in [0.15, 0.2) is 5.78 Å². The summed E-state index contributed by atoms with van der Waals surface area (Å²) in [6.07, 6.45) is 11.8. The van der Waals surface area contributed by atoms with Gasteiger partial charge < -0.3 is 4.74 Å². The zero-order chi connectivity index (χ0) is 23.6. The largest absolute Gasteiger partial charge is 0.469 e. The van der Waals surface area contributed by atoms with Gasteiger partial charge in [-0.2, -0.15) is 0 Å². The summed E-state index contributed by atoms with van der Waals surface area (Å²) in [5.41, 5.74) is 4.23. The van der Waals surface area contributed by atoms with Crippen molar-refractivity contribution in [1.29, 1.82) is 0 Å². The average Bonchev–Trinajstić information content (AvgIpc) is 2.82. The number of carbonyl (C=O) groups is 2. The summed E-state index contributed by atoms with van der Waals surface area (Å²) in [6.45, 7) is 0. The number of hydrogen-bond donors (Lipinski definition) is 0. The molecular weight excluding hydrogens is 457 g/mol. The van der Waals surface area contributed by atoms with Crippen molar-refractivity contribution in [3.63, 3.8) is 0 Å². The lowest BCUT2D eigenvalue weighted by molar-refractivity contribution is -0.145. The predicted molar refractivity (Wildman–Crippen MR) is 133 cm³/mol. The van der Waals surface area contributed by atoms with Crippen LogP contribution >= 0.6 is 23.2 Å². The molecule has 2 aromatic rings. The van der Waals surface area contributed by atoms with E-state index < -0.39 is 5.92 Å². The third kappa shape index (κ3) is 7.55. The predicted octanol–water partition coefficient (Wildman–Crippen LogP) is 7.21. The number of benzene rings is 1. The summed E-state index contributed by atoms with van der Waals surface area (Å²) < 4.78 is 4.93. The van der Waals surface area contributed by atoms with Gasteiger partial charge in [0.1, 0.15) is 0 Å². The standard InChI is InChI=1S/C27H33Cl2NO3/c1-33-27(32)20(18-25(31)26-22(28)13-9-14-23(26)29)11-5-3-2-4-6-12-21-17-16-19-10-7-8-15-24(19)30-21/h9,13-14,16-17,20H,2-8,10-12,15,18H2,1H3/t20-/m1/s1. The first-order valence-electron chi connectivity index (χ1n) is 12.0. The van der Waals surface area contributed by atoms with Gasteiger partial charge in [0.25, 0.3) is 0 Å². The first kappa shape index (κ1) is 25.7. The second-order valence-corrected chi connectivity index (χ2v) is 9.68. The summed E-state index contributed by atoms with van der Waals surface area (Å²) in [5.74, 6) is -1.06. The van der Waals surface area contributed by atoms with Gasteiger partial charge in [-0.3, -0.25) is 14.6 Å². The Labute approximate surface area is 207 Å². The molecule has 178 valence electrons. The van der Waals surface area contributed by atoms with Gasteiger partial charge in [-0.15, -0.1) is 0 Å². The van der Waals surface area contributed by atoms with E-state index in [9.17, 15) is 9.59 Å². The van der Waals surface area contributed by atoms with Gasteiger partial charge in [0.2, 0.25) is 0 Å². The van der Waals surface area contributed by atoms with E-state index in [1.54, 1.807) is 18.2 Å². The van der Waals surface area contributed by atoms with E-state index in [0.717, 1.165) is 44.9 Å². The first-order chi connectivity index (χ1) is 16.0. The van der Waals surface area contributed by atoms with Crippen molar-refractivity contribution in [2.45, 2.75) is 77.0 Å². The van der Waals surface area contributed by atoms with Crippen LogP contribution in [-0.4, -0.2) is 23.8 Å². The number of methoxy groups -OCH3 is 1. The number of halogens is 2. The van der Waals surface area contributed by atoms with Gasteiger partial charge in [-0.05, 0) is 68.7 Å². The van der Waals surface area contributed by atoms with Crippen LogP contribution in [0.4, 0.5) is 0 Å². The molecule has 0 saturated heterocycles. The lowest BCUT2D eigenvalue weighted by atomic mass is 9.92. The van der Waals surface area contributed by atoms with Crippen LogP contribution in [0.2, 0.25) is 10.0 Å². The number of esters is 1. The van der Waals surface area contributed by atoms with Crippen LogP contribution < -0.4 is 0 Å². The highest BCUT2D eigenvalue weighted by molar-refractivity contribution is 6.39. The van der Waals surface area contributed by atoms with Crippen molar-refractivity contribution < 1.29 is 14.3 Å². The highest BCUT2D eigenvalue weighted by Gasteiger charge is 2.25. The molecule has 0 amide bonds. The van der Waals surface area contributed by atoms with E-state index in [-0.39, 0.29) is 23.7 Å². The lowest BCUT2D eigenvalue weighted by Crippen LogP contribution is -2.20. The van der Waals surface area contributed by atoms with Crippen LogP contribution in [0.15, 0.2) is 30.3 Å². The number of Topliss-reactive ketones (excluding diaryl/α,β-unsaturated/α-hetero) is 1. The van der Waals surface area contributed by atoms with Gasteiger partial charge in [0, 0.05) is 17.8 Å². The molecule has 0 aliphatic heterocycles. The molecule has 1 aliphatic carbocycles. The highest BCUT2D eigenvalue weighted by atomic mass is 35.5. The minimum Gasteiger partial charge on any atom is -0.469 e. The van der Waals surface area contributed by atoms with E-state index in [0.29, 0.717) is 16.5 Å². The average molecular weight is 490 g/mol. The molecule has 4 nitrogen and oxygen atoms in total. The third-order valence-electron chi connectivity index (χ3n) is 6.43. The van der Waals surface area contributed by atoms with E-state index >= 15 is 0 Å². The molecule has 33 heavy (non-hydrogen) atoms. The van der Waals surface area contributed by atoms with E-state index in [4.69, 9.17) is 32.9 Å². The monoisotopic (exact) mass is 489 g/mol. The molecule has 0 unspecified atom stereocenters. The summed E-state index contributed by atoms with van der Waals surface area (Å²) in [4.78, 5) is 29.8. The van der Waals surface area contributed by atoms with Crippen LogP contribution in [0.1, 0.15) is 85.1 Å². The fraction of sp³-hybridized carbons (Fsp3) is 0.519. The Kier molecular flexibility index (Phi) is 10.2. The number of unbranched alkanes of at least 4 members (excludes halogenated alkanes) is 4. The number of pyridine rings is 1. The molecule has 1 heterocycles. The first-order valence-corrected chi connectivity index (χ1v) is 12.8. The molecule has 1 aromatic carbocycles. The Balaban J connectivity index is 1.39. The molecule has 0 N–H and O–H groups in total. The van der Waals surface area contributed by atoms with Crippen molar-refractivity contribution in [1.82, 2.24) is 4.98 Å². The molecule has 3 rings (SSSR count). The van der Waals surface area contributed by atoms with Crippen LogP contribution in [0, 0.1) is 5.92 Å². The summed E-state index contributed by atoms with van der Waals surface area (Å²) in [5, 5.41) is 0.620. The molecular formula is C27H33Cl2NO3. The fourth-order valence-electron chi connectivity index (χ4n) is 4.55. The Morgan fingerprint density at radius 3 is 2.42 bits per heavy atom. The van der Waals surface area contributed by atoms with Crippen molar-refractivity contribution in [3.05, 3.63) is 62.9 Å².